The molecule has 0 amide bonds. The zero-order valence-corrected chi connectivity index (χ0v) is 20.3. The van der Waals surface area contributed by atoms with E-state index in [1.54, 1.807) is 19.2 Å². The molecule has 6 nitrogen and oxygen atoms in total. The zero-order valence-electron chi connectivity index (χ0n) is 19.5. The van der Waals surface area contributed by atoms with Crippen molar-refractivity contribution in [1.29, 1.82) is 0 Å². The Kier molecular flexibility index (Phi) is 7.62. The van der Waals surface area contributed by atoms with E-state index in [9.17, 15) is 9.18 Å². The van der Waals surface area contributed by atoms with Gasteiger partial charge in [-0.15, -0.1) is 0 Å². The molecule has 0 unspecified atom stereocenters. The maximum Gasteiger partial charge on any atom is 0.253 e. The Balaban J connectivity index is 1.66. The van der Waals surface area contributed by atoms with Gasteiger partial charge in [-0.1, -0.05) is 24.3 Å². The molecule has 0 spiro atoms. The molecule has 3 aromatic carbocycles. The summed E-state index contributed by atoms with van der Waals surface area (Å²) in [5.41, 5.74) is 2.62. The number of nitrogens with zero attached hydrogens (tertiary/aromatic N) is 1. The lowest BCUT2D eigenvalue weighted by Crippen LogP contribution is -2.35. The van der Waals surface area contributed by atoms with Crippen LogP contribution in [0.4, 0.5) is 10.1 Å². The number of rotatable bonds is 8. The molecule has 1 aromatic heterocycles. The van der Waals surface area contributed by atoms with Gasteiger partial charge >= 0.3 is 0 Å². The molecule has 0 radical (unpaired) electrons. The maximum atomic E-state index is 13.5. The molecule has 0 bridgehead atoms. The normalized spacial score (nSPS) is 10.7. The van der Waals surface area contributed by atoms with Gasteiger partial charge in [0, 0.05) is 23.0 Å². The van der Waals surface area contributed by atoms with E-state index in [2.05, 4.69) is 10.3 Å². The van der Waals surface area contributed by atoms with E-state index < -0.39 is 0 Å². The van der Waals surface area contributed by atoms with Gasteiger partial charge in [0.05, 0.1) is 25.9 Å². The molecule has 8 heteroatoms. The average Bonchev–Trinajstić information content (AvgIpc) is 2.86. The van der Waals surface area contributed by atoms with E-state index in [0.717, 1.165) is 22.2 Å². The van der Waals surface area contributed by atoms with Crippen molar-refractivity contribution < 1.29 is 13.9 Å². The number of fused-ring (bicyclic) bond motifs is 1. The largest absolute Gasteiger partial charge is 0.495 e. The number of nitrogens with one attached hydrogen (secondary N) is 2. The number of anilines is 1. The van der Waals surface area contributed by atoms with E-state index in [1.807, 2.05) is 60.4 Å². The molecule has 0 aliphatic rings. The molecule has 0 atom stereocenters. The van der Waals surface area contributed by atoms with Crippen molar-refractivity contribution in [3.63, 3.8) is 0 Å². The second kappa shape index (κ2) is 11.0. The van der Waals surface area contributed by atoms with Crippen LogP contribution in [0.25, 0.3) is 10.9 Å². The van der Waals surface area contributed by atoms with Crippen LogP contribution < -0.4 is 20.3 Å². The first-order valence-electron chi connectivity index (χ1n) is 11.2. The molecule has 0 aliphatic heterocycles. The Morgan fingerprint density at radius 1 is 1.06 bits per heavy atom. The number of ether oxygens (including phenoxy) is 2. The van der Waals surface area contributed by atoms with E-state index in [4.69, 9.17) is 21.7 Å². The highest BCUT2D eigenvalue weighted by Crippen LogP contribution is 2.25. The minimum absolute atomic E-state index is 0.203. The molecule has 4 aromatic rings. The number of para-hydroxylation sites is 2. The summed E-state index contributed by atoms with van der Waals surface area (Å²) in [5, 5.41) is 4.48. The fourth-order valence-electron chi connectivity index (χ4n) is 3.76. The summed E-state index contributed by atoms with van der Waals surface area (Å²) in [6.07, 6.45) is 0. The number of halogens is 1. The van der Waals surface area contributed by atoms with Gasteiger partial charge in [-0.25, -0.2) is 4.39 Å². The van der Waals surface area contributed by atoms with Crippen molar-refractivity contribution in [2.45, 2.75) is 20.0 Å². The first-order chi connectivity index (χ1) is 17.0. The van der Waals surface area contributed by atoms with Gasteiger partial charge in [0.15, 0.2) is 5.11 Å². The molecule has 0 aliphatic carbocycles. The minimum atomic E-state index is -0.314. The van der Waals surface area contributed by atoms with Gasteiger partial charge in [0.2, 0.25) is 0 Å². The van der Waals surface area contributed by atoms with Crippen LogP contribution >= 0.6 is 12.2 Å². The second-order valence-electron chi connectivity index (χ2n) is 7.92. The number of hydrogen-bond donors (Lipinski definition) is 2. The number of H-pyrrole nitrogens is 1. The van der Waals surface area contributed by atoms with Crippen molar-refractivity contribution >= 4 is 33.9 Å². The summed E-state index contributed by atoms with van der Waals surface area (Å²) in [4.78, 5) is 17.7. The van der Waals surface area contributed by atoms with Crippen LogP contribution in [0.2, 0.25) is 0 Å². The number of aromatic amines is 1. The molecule has 4 rings (SSSR count). The number of hydrogen-bond acceptors (Lipinski definition) is 4. The zero-order chi connectivity index (χ0) is 24.8. The Morgan fingerprint density at radius 2 is 1.83 bits per heavy atom. The molecule has 0 saturated carbocycles. The lowest BCUT2D eigenvalue weighted by atomic mass is 10.1. The monoisotopic (exact) mass is 491 g/mol. The number of pyridine rings is 1. The highest BCUT2D eigenvalue weighted by molar-refractivity contribution is 7.80. The lowest BCUT2D eigenvalue weighted by Gasteiger charge is -2.26. The summed E-state index contributed by atoms with van der Waals surface area (Å²) in [6.45, 7) is 3.09. The number of methoxy groups -OCH3 is 1. The summed E-state index contributed by atoms with van der Waals surface area (Å²) >= 11 is 5.74. The third-order valence-corrected chi connectivity index (χ3v) is 5.85. The van der Waals surface area contributed by atoms with E-state index in [0.29, 0.717) is 35.3 Å². The SMILES string of the molecule is CCOc1ccc2[nH]c(=O)c(CN(Cc3ccc(F)cc3)C(=S)Nc3ccccc3OC)cc2c1. The van der Waals surface area contributed by atoms with E-state index in [1.165, 1.54) is 12.1 Å². The van der Waals surface area contributed by atoms with Crippen molar-refractivity contribution in [3.05, 3.63) is 100 Å². The molecule has 1 heterocycles. The first-order valence-corrected chi connectivity index (χ1v) is 11.6. The minimum Gasteiger partial charge on any atom is -0.495 e. The van der Waals surface area contributed by atoms with Crippen LogP contribution in [0, 0.1) is 5.82 Å². The Hall–Kier alpha value is -3.91. The molecule has 180 valence electrons. The van der Waals surface area contributed by atoms with Gasteiger partial charge in [0.25, 0.3) is 5.56 Å². The van der Waals surface area contributed by atoms with Crippen LogP contribution in [0.5, 0.6) is 11.5 Å². The maximum absolute atomic E-state index is 13.5. The van der Waals surface area contributed by atoms with Crippen molar-refractivity contribution in [2.75, 3.05) is 19.0 Å². The van der Waals surface area contributed by atoms with Gasteiger partial charge in [-0.05, 0) is 73.2 Å². The molecule has 0 saturated heterocycles. The molecular weight excluding hydrogens is 465 g/mol. The van der Waals surface area contributed by atoms with E-state index in [-0.39, 0.29) is 17.9 Å². The molecule has 0 fully saturated rings. The third kappa shape index (κ3) is 5.96. The lowest BCUT2D eigenvalue weighted by molar-refractivity contribution is 0.340. The predicted molar refractivity (Wildman–Crippen MR) is 141 cm³/mol. The smallest absolute Gasteiger partial charge is 0.253 e. The van der Waals surface area contributed by atoms with Crippen LogP contribution in [0.1, 0.15) is 18.1 Å². The fourth-order valence-corrected chi connectivity index (χ4v) is 4.00. The number of benzene rings is 3. The number of thiocarbonyl (C=S) groups is 1. The Bertz CT molecular complexity index is 1390. The van der Waals surface area contributed by atoms with Crippen LogP contribution in [-0.2, 0) is 13.1 Å². The predicted octanol–water partition coefficient (Wildman–Crippen LogP) is 5.47. The van der Waals surface area contributed by atoms with Crippen molar-refractivity contribution in [1.82, 2.24) is 9.88 Å². The first kappa shape index (κ1) is 24.2. The van der Waals surface area contributed by atoms with Gasteiger partial charge in [0.1, 0.15) is 17.3 Å². The topological polar surface area (TPSA) is 66.6 Å². The van der Waals surface area contributed by atoms with Gasteiger partial charge < -0.3 is 24.7 Å². The summed E-state index contributed by atoms with van der Waals surface area (Å²) in [6, 6.07) is 21.1. The van der Waals surface area contributed by atoms with E-state index >= 15 is 0 Å². The Morgan fingerprint density at radius 3 is 2.57 bits per heavy atom. The standard InChI is InChI=1S/C27H26FN3O3S/c1-3-34-22-12-13-23-19(15-22)14-20(26(32)29-23)17-31(16-18-8-10-21(28)11-9-18)27(35)30-24-6-4-5-7-25(24)33-2/h4-15H,3,16-17H2,1-2H3,(H,29,32)(H,30,35). The molecular formula is C27H26FN3O3S. The Labute approximate surface area is 208 Å². The highest BCUT2D eigenvalue weighted by Gasteiger charge is 2.16. The van der Waals surface area contributed by atoms with Crippen molar-refractivity contribution in [2.24, 2.45) is 0 Å². The molecule has 2 N–H and O–H groups in total. The fraction of sp³-hybridized carbons (Fsp3) is 0.185. The van der Waals surface area contributed by atoms with Crippen molar-refractivity contribution in [3.8, 4) is 11.5 Å². The van der Waals surface area contributed by atoms with Crippen LogP contribution in [0.3, 0.4) is 0 Å². The van der Waals surface area contributed by atoms with Crippen LogP contribution in [-0.4, -0.2) is 28.7 Å². The summed E-state index contributed by atoms with van der Waals surface area (Å²) in [7, 11) is 1.59. The number of aromatic nitrogens is 1. The van der Waals surface area contributed by atoms with Gasteiger partial charge in [-0.2, -0.15) is 0 Å². The third-order valence-electron chi connectivity index (χ3n) is 5.49. The van der Waals surface area contributed by atoms with Gasteiger partial charge in [-0.3, -0.25) is 4.79 Å². The highest BCUT2D eigenvalue weighted by atomic mass is 32.1. The average molecular weight is 492 g/mol. The summed E-state index contributed by atoms with van der Waals surface area (Å²) < 4.78 is 24.5. The molecule has 35 heavy (non-hydrogen) atoms. The van der Waals surface area contributed by atoms with Crippen LogP contribution in [0.15, 0.2) is 77.6 Å². The second-order valence-corrected chi connectivity index (χ2v) is 8.31. The quantitative estimate of drug-likeness (QED) is 0.319. The summed E-state index contributed by atoms with van der Waals surface area (Å²) in [5.74, 6) is 1.06.